The highest BCUT2D eigenvalue weighted by molar-refractivity contribution is 8.19. The van der Waals surface area contributed by atoms with Crippen LogP contribution in [0.5, 0.6) is 0 Å². The van der Waals surface area contributed by atoms with Gasteiger partial charge in [0, 0.05) is 11.7 Å². The van der Waals surface area contributed by atoms with E-state index in [2.05, 4.69) is 0 Å². The van der Waals surface area contributed by atoms with E-state index in [1.54, 1.807) is 0 Å². The molecule has 0 saturated heterocycles. The van der Waals surface area contributed by atoms with Crippen molar-refractivity contribution in [2.45, 2.75) is 12.2 Å². The van der Waals surface area contributed by atoms with Gasteiger partial charge in [0.05, 0.1) is 0 Å². The number of carbonyl (C=O) groups is 1. The zero-order valence-electron chi connectivity index (χ0n) is 8.97. The molecule has 0 bridgehead atoms. The predicted octanol–water partition coefficient (Wildman–Crippen LogP) is 3.22. The van der Waals surface area contributed by atoms with Crippen LogP contribution in [0, 0.1) is 5.92 Å². The standard InChI is InChI=1S/C13H15FOS/c14-13-8-12(9-15)6-7-16(13)10-11-4-2-1-3-5-11/h1-5,8-9,12,16H,6-7,10H2. The second kappa shape index (κ2) is 5.30. The average molecular weight is 238 g/mol. The van der Waals surface area contributed by atoms with Gasteiger partial charge in [-0.25, -0.2) is 4.39 Å². The van der Waals surface area contributed by atoms with Crippen LogP contribution >= 0.6 is 10.9 Å². The first kappa shape index (κ1) is 11.4. The first-order valence-electron chi connectivity index (χ1n) is 5.41. The molecule has 0 aliphatic carbocycles. The molecule has 2 unspecified atom stereocenters. The highest BCUT2D eigenvalue weighted by Crippen LogP contribution is 2.44. The lowest BCUT2D eigenvalue weighted by atomic mass is 10.1. The van der Waals surface area contributed by atoms with E-state index >= 15 is 0 Å². The first-order chi connectivity index (χ1) is 7.79. The maximum absolute atomic E-state index is 13.7. The summed E-state index contributed by atoms with van der Waals surface area (Å²) < 4.78 is 13.7. The maximum atomic E-state index is 13.7. The van der Waals surface area contributed by atoms with Crippen LogP contribution in [0.2, 0.25) is 0 Å². The normalized spacial score (nSPS) is 27.2. The molecule has 1 aromatic rings. The summed E-state index contributed by atoms with van der Waals surface area (Å²) in [4.78, 5) is 10.6. The summed E-state index contributed by atoms with van der Waals surface area (Å²) in [5.74, 6) is 1.43. The fourth-order valence-electron chi connectivity index (χ4n) is 1.84. The van der Waals surface area contributed by atoms with Gasteiger partial charge in [0.15, 0.2) is 0 Å². The minimum Gasteiger partial charge on any atom is -0.303 e. The fourth-order valence-corrected chi connectivity index (χ4v) is 4.03. The SMILES string of the molecule is O=CC1C=C(F)[SH](Cc2ccccc2)CC1. The van der Waals surface area contributed by atoms with Crippen molar-refractivity contribution in [1.82, 2.24) is 0 Å². The topological polar surface area (TPSA) is 17.1 Å². The van der Waals surface area contributed by atoms with Gasteiger partial charge in [0.25, 0.3) is 0 Å². The van der Waals surface area contributed by atoms with Crippen LogP contribution in [0.1, 0.15) is 12.0 Å². The van der Waals surface area contributed by atoms with Gasteiger partial charge in [-0.15, -0.1) is 0 Å². The Kier molecular flexibility index (Phi) is 3.78. The van der Waals surface area contributed by atoms with Crippen LogP contribution in [-0.4, -0.2) is 12.0 Å². The molecule has 1 aromatic carbocycles. The van der Waals surface area contributed by atoms with E-state index in [1.165, 1.54) is 11.6 Å². The molecular formula is C13H15FOS. The summed E-state index contributed by atoms with van der Waals surface area (Å²) in [5, 5.41) is -0.0535. The highest BCUT2D eigenvalue weighted by atomic mass is 32.2. The maximum Gasteiger partial charge on any atom is 0.134 e. The number of aldehydes is 1. The number of benzene rings is 1. The van der Waals surface area contributed by atoms with E-state index < -0.39 is 10.9 Å². The van der Waals surface area contributed by atoms with Crippen LogP contribution < -0.4 is 0 Å². The number of rotatable bonds is 3. The Hall–Kier alpha value is -1.09. The Morgan fingerprint density at radius 1 is 1.38 bits per heavy atom. The summed E-state index contributed by atoms with van der Waals surface area (Å²) in [6, 6.07) is 9.98. The van der Waals surface area contributed by atoms with Gasteiger partial charge < -0.3 is 4.79 Å². The Balaban J connectivity index is 2.04. The molecular weight excluding hydrogens is 223 g/mol. The summed E-state index contributed by atoms with van der Waals surface area (Å²) in [5.41, 5.74) is 1.18. The third kappa shape index (κ3) is 2.73. The molecule has 1 heterocycles. The third-order valence-electron chi connectivity index (χ3n) is 2.78. The van der Waals surface area contributed by atoms with Crippen LogP contribution in [0.15, 0.2) is 41.6 Å². The molecule has 2 rings (SSSR count). The molecule has 16 heavy (non-hydrogen) atoms. The van der Waals surface area contributed by atoms with Gasteiger partial charge in [0.2, 0.25) is 0 Å². The molecule has 0 fully saturated rings. The van der Waals surface area contributed by atoms with Gasteiger partial charge in [-0.05, 0) is 23.8 Å². The Labute approximate surface area is 97.7 Å². The molecule has 86 valence electrons. The zero-order chi connectivity index (χ0) is 11.4. The van der Waals surface area contributed by atoms with E-state index in [0.717, 1.165) is 24.2 Å². The second-order valence-corrected chi connectivity index (χ2v) is 6.26. The molecule has 1 nitrogen and oxygen atoms in total. The quantitative estimate of drug-likeness (QED) is 0.632. The number of allylic oxidation sites excluding steroid dienone is 1. The molecule has 0 radical (unpaired) electrons. The van der Waals surface area contributed by atoms with Gasteiger partial charge in [-0.3, -0.25) is 0 Å². The predicted molar refractivity (Wildman–Crippen MR) is 67.4 cm³/mol. The first-order valence-corrected chi connectivity index (χ1v) is 7.12. The van der Waals surface area contributed by atoms with Crippen molar-refractivity contribution in [3.05, 3.63) is 47.1 Å². The van der Waals surface area contributed by atoms with Crippen LogP contribution in [-0.2, 0) is 10.5 Å². The van der Waals surface area contributed by atoms with Crippen molar-refractivity contribution < 1.29 is 9.18 Å². The van der Waals surface area contributed by atoms with E-state index in [4.69, 9.17) is 0 Å². The molecule has 1 aliphatic heterocycles. The average Bonchev–Trinajstić information content (AvgIpc) is 2.33. The zero-order valence-corrected chi connectivity index (χ0v) is 9.87. The van der Waals surface area contributed by atoms with Crippen LogP contribution in [0.3, 0.4) is 0 Å². The Morgan fingerprint density at radius 2 is 2.12 bits per heavy atom. The van der Waals surface area contributed by atoms with Gasteiger partial charge in [0.1, 0.15) is 11.4 Å². The van der Waals surface area contributed by atoms with E-state index in [0.29, 0.717) is 0 Å². The number of carbonyl (C=O) groups excluding carboxylic acids is 1. The molecule has 2 atom stereocenters. The monoisotopic (exact) mass is 238 g/mol. The van der Waals surface area contributed by atoms with E-state index in [9.17, 15) is 9.18 Å². The van der Waals surface area contributed by atoms with E-state index in [-0.39, 0.29) is 11.1 Å². The largest absolute Gasteiger partial charge is 0.303 e. The second-order valence-electron chi connectivity index (χ2n) is 3.99. The minimum absolute atomic E-state index is 0.0535. The van der Waals surface area contributed by atoms with Crippen molar-refractivity contribution in [2.75, 3.05) is 5.75 Å². The number of hydrogen-bond acceptors (Lipinski definition) is 1. The van der Waals surface area contributed by atoms with Crippen molar-refractivity contribution >= 4 is 17.2 Å². The molecule has 0 saturated carbocycles. The molecule has 0 N–H and O–H groups in total. The molecule has 0 aromatic heterocycles. The highest BCUT2D eigenvalue weighted by Gasteiger charge is 2.19. The number of hydrogen-bond donors (Lipinski definition) is 1. The molecule has 3 heteroatoms. The lowest BCUT2D eigenvalue weighted by Gasteiger charge is -2.25. The number of halogens is 1. The fraction of sp³-hybridized carbons (Fsp3) is 0.308. The van der Waals surface area contributed by atoms with Crippen molar-refractivity contribution in [3.63, 3.8) is 0 Å². The van der Waals surface area contributed by atoms with Crippen LogP contribution in [0.25, 0.3) is 0 Å². The van der Waals surface area contributed by atoms with Gasteiger partial charge in [-0.1, -0.05) is 30.3 Å². The summed E-state index contributed by atoms with van der Waals surface area (Å²) in [7, 11) is -0.706. The van der Waals surface area contributed by atoms with Crippen molar-refractivity contribution in [2.24, 2.45) is 5.92 Å². The van der Waals surface area contributed by atoms with E-state index in [1.807, 2.05) is 30.3 Å². The third-order valence-corrected chi connectivity index (χ3v) is 5.08. The number of thiol groups is 1. The minimum atomic E-state index is -0.706. The summed E-state index contributed by atoms with van der Waals surface area (Å²) in [6.07, 6.45) is 3.15. The summed E-state index contributed by atoms with van der Waals surface area (Å²) in [6.45, 7) is 0. The summed E-state index contributed by atoms with van der Waals surface area (Å²) >= 11 is 0. The lowest BCUT2D eigenvalue weighted by Crippen LogP contribution is -2.09. The van der Waals surface area contributed by atoms with Gasteiger partial charge >= 0.3 is 0 Å². The van der Waals surface area contributed by atoms with Crippen LogP contribution in [0.4, 0.5) is 4.39 Å². The molecule has 0 spiro atoms. The van der Waals surface area contributed by atoms with Crippen molar-refractivity contribution in [3.8, 4) is 0 Å². The van der Waals surface area contributed by atoms with Gasteiger partial charge in [-0.2, -0.15) is 10.9 Å². The molecule has 0 amide bonds. The molecule has 1 aliphatic rings. The Morgan fingerprint density at radius 3 is 2.75 bits per heavy atom. The smallest absolute Gasteiger partial charge is 0.134 e. The van der Waals surface area contributed by atoms with Crippen molar-refractivity contribution in [1.29, 1.82) is 0 Å². The lowest BCUT2D eigenvalue weighted by molar-refractivity contribution is -0.110. The Bertz CT molecular complexity index is 388.